The van der Waals surface area contributed by atoms with Crippen LogP contribution in [-0.2, 0) is 4.79 Å². The standard InChI is InChI=1S/C22H25N5O2/c1-5-20(28)24-18-11-9-17(10-12-18)15(3)23-22(29)21-16(4)27(26-25-21)19-8-6-7-14(2)13-19/h6-13,15H,5H2,1-4H3,(H,23,29)(H,24,28). The molecular weight excluding hydrogens is 366 g/mol. The van der Waals surface area contributed by atoms with Gasteiger partial charge in [0, 0.05) is 12.1 Å². The second-order valence-electron chi connectivity index (χ2n) is 6.99. The predicted octanol–water partition coefficient (Wildman–Crippen LogP) is 3.72. The van der Waals surface area contributed by atoms with Crippen LogP contribution >= 0.6 is 0 Å². The molecular formula is C22H25N5O2. The maximum absolute atomic E-state index is 12.7. The Morgan fingerprint density at radius 1 is 1.10 bits per heavy atom. The Morgan fingerprint density at radius 3 is 2.48 bits per heavy atom. The molecule has 0 radical (unpaired) electrons. The molecule has 7 heteroatoms. The topological polar surface area (TPSA) is 88.9 Å². The van der Waals surface area contributed by atoms with Crippen LogP contribution in [0.15, 0.2) is 48.5 Å². The van der Waals surface area contributed by atoms with Gasteiger partial charge in [-0.2, -0.15) is 0 Å². The molecule has 0 aliphatic heterocycles. The van der Waals surface area contributed by atoms with Gasteiger partial charge in [0.15, 0.2) is 5.69 Å². The van der Waals surface area contributed by atoms with Crippen molar-refractivity contribution >= 4 is 17.5 Å². The van der Waals surface area contributed by atoms with Gasteiger partial charge in [0.25, 0.3) is 5.91 Å². The maximum atomic E-state index is 12.7. The van der Waals surface area contributed by atoms with E-state index in [9.17, 15) is 9.59 Å². The SMILES string of the molecule is CCC(=O)Nc1ccc(C(C)NC(=O)c2nnn(-c3cccc(C)c3)c2C)cc1. The quantitative estimate of drug-likeness (QED) is 0.670. The number of rotatable bonds is 6. The molecule has 1 atom stereocenters. The van der Waals surface area contributed by atoms with Crippen LogP contribution in [0.2, 0.25) is 0 Å². The average molecular weight is 391 g/mol. The second kappa shape index (κ2) is 8.68. The molecule has 1 unspecified atom stereocenters. The van der Waals surface area contributed by atoms with Crippen LogP contribution in [0.4, 0.5) is 5.69 Å². The number of anilines is 1. The van der Waals surface area contributed by atoms with Gasteiger partial charge < -0.3 is 10.6 Å². The molecule has 0 bridgehead atoms. The first-order chi connectivity index (χ1) is 13.9. The predicted molar refractivity (Wildman–Crippen MR) is 112 cm³/mol. The molecule has 2 aromatic carbocycles. The Labute approximate surface area is 170 Å². The summed E-state index contributed by atoms with van der Waals surface area (Å²) in [5, 5.41) is 14.0. The molecule has 0 fully saturated rings. The highest BCUT2D eigenvalue weighted by atomic mass is 16.2. The summed E-state index contributed by atoms with van der Waals surface area (Å²) in [6.45, 7) is 7.54. The first-order valence-electron chi connectivity index (χ1n) is 9.59. The number of hydrogen-bond donors (Lipinski definition) is 2. The lowest BCUT2D eigenvalue weighted by atomic mass is 10.1. The Morgan fingerprint density at radius 2 is 1.83 bits per heavy atom. The Hall–Kier alpha value is -3.48. The molecule has 0 spiro atoms. The fourth-order valence-electron chi connectivity index (χ4n) is 3.00. The highest BCUT2D eigenvalue weighted by Gasteiger charge is 2.19. The van der Waals surface area contributed by atoms with Crippen molar-refractivity contribution in [2.75, 3.05) is 5.32 Å². The maximum Gasteiger partial charge on any atom is 0.274 e. The smallest absolute Gasteiger partial charge is 0.274 e. The minimum atomic E-state index is -0.280. The van der Waals surface area contributed by atoms with Crippen LogP contribution in [-0.4, -0.2) is 26.8 Å². The zero-order valence-corrected chi connectivity index (χ0v) is 17.1. The lowest BCUT2D eigenvalue weighted by molar-refractivity contribution is -0.115. The summed E-state index contributed by atoms with van der Waals surface area (Å²) in [5.41, 5.74) is 4.61. The van der Waals surface area contributed by atoms with E-state index in [1.165, 1.54) is 0 Å². The molecule has 1 aromatic heterocycles. The highest BCUT2D eigenvalue weighted by Crippen LogP contribution is 2.18. The highest BCUT2D eigenvalue weighted by molar-refractivity contribution is 5.93. The summed E-state index contributed by atoms with van der Waals surface area (Å²) >= 11 is 0. The number of amides is 2. The van der Waals surface area contributed by atoms with Gasteiger partial charge in [-0.3, -0.25) is 9.59 Å². The zero-order chi connectivity index (χ0) is 21.0. The van der Waals surface area contributed by atoms with Crippen LogP contribution in [0.3, 0.4) is 0 Å². The van der Waals surface area contributed by atoms with E-state index < -0.39 is 0 Å². The van der Waals surface area contributed by atoms with E-state index in [1.54, 1.807) is 11.6 Å². The summed E-state index contributed by atoms with van der Waals surface area (Å²) in [6, 6.07) is 15.1. The molecule has 0 saturated heterocycles. The van der Waals surface area contributed by atoms with Crippen molar-refractivity contribution in [1.29, 1.82) is 0 Å². The van der Waals surface area contributed by atoms with Gasteiger partial charge in [0.05, 0.1) is 17.4 Å². The molecule has 0 aliphatic carbocycles. The molecule has 3 aromatic rings. The number of aromatic nitrogens is 3. The molecule has 1 heterocycles. The largest absolute Gasteiger partial charge is 0.344 e. The zero-order valence-electron chi connectivity index (χ0n) is 17.1. The van der Waals surface area contributed by atoms with E-state index in [2.05, 4.69) is 20.9 Å². The van der Waals surface area contributed by atoms with Crippen molar-refractivity contribution in [2.24, 2.45) is 0 Å². The molecule has 29 heavy (non-hydrogen) atoms. The summed E-state index contributed by atoms with van der Waals surface area (Å²) in [6.07, 6.45) is 0.427. The summed E-state index contributed by atoms with van der Waals surface area (Å²) < 4.78 is 1.66. The minimum Gasteiger partial charge on any atom is -0.344 e. The van der Waals surface area contributed by atoms with Crippen molar-refractivity contribution in [3.05, 3.63) is 71.0 Å². The molecule has 7 nitrogen and oxygen atoms in total. The number of carbonyl (C=O) groups excluding carboxylic acids is 2. The van der Waals surface area contributed by atoms with Gasteiger partial charge in [0.1, 0.15) is 0 Å². The number of carbonyl (C=O) groups is 2. The number of nitrogens with zero attached hydrogens (tertiary/aromatic N) is 3. The van der Waals surface area contributed by atoms with Crippen molar-refractivity contribution in [3.63, 3.8) is 0 Å². The second-order valence-corrected chi connectivity index (χ2v) is 6.99. The monoisotopic (exact) mass is 391 g/mol. The van der Waals surface area contributed by atoms with E-state index in [-0.39, 0.29) is 17.9 Å². The number of benzene rings is 2. The number of nitrogens with one attached hydrogen (secondary N) is 2. The van der Waals surface area contributed by atoms with Gasteiger partial charge in [-0.05, 0) is 56.2 Å². The molecule has 2 N–H and O–H groups in total. The van der Waals surface area contributed by atoms with E-state index in [0.717, 1.165) is 22.5 Å². The average Bonchev–Trinajstić information content (AvgIpc) is 3.09. The molecule has 3 rings (SSSR count). The van der Waals surface area contributed by atoms with Crippen LogP contribution in [0.5, 0.6) is 0 Å². The third-order valence-corrected chi connectivity index (χ3v) is 4.72. The lowest BCUT2D eigenvalue weighted by Crippen LogP contribution is -2.27. The fourth-order valence-corrected chi connectivity index (χ4v) is 3.00. The van der Waals surface area contributed by atoms with Crippen molar-refractivity contribution in [1.82, 2.24) is 20.3 Å². The van der Waals surface area contributed by atoms with E-state index in [4.69, 9.17) is 0 Å². The first-order valence-corrected chi connectivity index (χ1v) is 9.59. The third-order valence-electron chi connectivity index (χ3n) is 4.72. The van der Waals surface area contributed by atoms with Gasteiger partial charge in [-0.15, -0.1) is 5.10 Å². The van der Waals surface area contributed by atoms with Crippen LogP contribution in [0.1, 0.15) is 53.6 Å². The van der Waals surface area contributed by atoms with Gasteiger partial charge in [-0.25, -0.2) is 4.68 Å². The Balaban J connectivity index is 1.71. The van der Waals surface area contributed by atoms with Crippen LogP contribution in [0.25, 0.3) is 5.69 Å². The third kappa shape index (κ3) is 4.68. The Kier molecular flexibility index (Phi) is 6.07. The molecule has 0 aliphatic rings. The van der Waals surface area contributed by atoms with Gasteiger partial charge in [0.2, 0.25) is 5.91 Å². The lowest BCUT2D eigenvalue weighted by Gasteiger charge is -2.14. The number of aryl methyl sites for hydroxylation is 1. The van der Waals surface area contributed by atoms with Crippen molar-refractivity contribution < 1.29 is 9.59 Å². The number of hydrogen-bond acceptors (Lipinski definition) is 4. The molecule has 150 valence electrons. The van der Waals surface area contributed by atoms with E-state index in [1.807, 2.05) is 69.3 Å². The summed E-state index contributed by atoms with van der Waals surface area (Å²) in [5.74, 6) is -0.316. The minimum absolute atomic E-state index is 0.0359. The molecule has 2 amide bonds. The van der Waals surface area contributed by atoms with Gasteiger partial charge in [-0.1, -0.05) is 36.4 Å². The van der Waals surface area contributed by atoms with E-state index in [0.29, 0.717) is 17.8 Å². The molecule has 0 saturated carbocycles. The normalized spacial score (nSPS) is 11.7. The fraction of sp³-hybridized carbons (Fsp3) is 0.273. The Bertz CT molecular complexity index is 1020. The van der Waals surface area contributed by atoms with E-state index >= 15 is 0 Å². The van der Waals surface area contributed by atoms with Crippen LogP contribution in [0, 0.1) is 13.8 Å². The summed E-state index contributed by atoms with van der Waals surface area (Å²) in [7, 11) is 0. The van der Waals surface area contributed by atoms with Crippen molar-refractivity contribution in [2.45, 2.75) is 40.2 Å². The first kappa shape index (κ1) is 20.3. The summed E-state index contributed by atoms with van der Waals surface area (Å²) in [4.78, 5) is 24.2. The van der Waals surface area contributed by atoms with Crippen molar-refractivity contribution in [3.8, 4) is 5.69 Å². The van der Waals surface area contributed by atoms with Gasteiger partial charge >= 0.3 is 0 Å². The van der Waals surface area contributed by atoms with Crippen LogP contribution < -0.4 is 10.6 Å².